The van der Waals surface area contributed by atoms with Gasteiger partial charge in [0, 0.05) is 50.7 Å². The van der Waals surface area contributed by atoms with Gasteiger partial charge in [-0.3, -0.25) is 14.0 Å². The van der Waals surface area contributed by atoms with Crippen molar-refractivity contribution in [2.24, 2.45) is 24.8 Å². The zero-order chi connectivity index (χ0) is 22.9. The minimum Gasteiger partial charge on any atom is -0.478 e. The Labute approximate surface area is 193 Å². The second-order valence-electron chi connectivity index (χ2n) is 9.52. The molecule has 9 nitrogen and oxygen atoms in total. The van der Waals surface area contributed by atoms with E-state index in [4.69, 9.17) is 9.72 Å². The number of carbonyl (C=O) groups is 1. The highest BCUT2D eigenvalue weighted by Crippen LogP contribution is 2.53. The molecule has 2 aliphatic carbocycles. The molecule has 172 valence electrons. The Bertz CT molecular complexity index is 1180. The number of anilines is 1. The van der Waals surface area contributed by atoms with E-state index in [-0.39, 0.29) is 5.91 Å². The van der Waals surface area contributed by atoms with Crippen molar-refractivity contribution in [3.63, 3.8) is 0 Å². The van der Waals surface area contributed by atoms with Gasteiger partial charge in [-0.1, -0.05) is 13.2 Å². The van der Waals surface area contributed by atoms with E-state index in [1.807, 2.05) is 24.3 Å². The summed E-state index contributed by atoms with van der Waals surface area (Å²) >= 11 is 0. The highest BCUT2D eigenvalue weighted by molar-refractivity contribution is 5.87. The van der Waals surface area contributed by atoms with Crippen LogP contribution in [0.1, 0.15) is 30.3 Å². The van der Waals surface area contributed by atoms with Crippen molar-refractivity contribution in [1.29, 1.82) is 0 Å². The van der Waals surface area contributed by atoms with Crippen molar-refractivity contribution < 1.29 is 9.53 Å². The van der Waals surface area contributed by atoms with Crippen LogP contribution >= 0.6 is 0 Å². The van der Waals surface area contributed by atoms with Gasteiger partial charge in [-0.15, -0.1) is 5.10 Å². The number of likely N-dealkylation sites (tertiary alicyclic amines) is 1. The Morgan fingerprint density at radius 1 is 1.33 bits per heavy atom. The monoisotopic (exact) mass is 447 g/mol. The number of nitrogens with one attached hydrogen (secondary N) is 1. The maximum absolute atomic E-state index is 12.0. The third-order valence-electron chi connectivity index (χ3n) is 7.42. The topological polar surface area (TPSA) is 80.5 Å². The number of fused-ring (bicyclic) bond motifs is 2. The molecule has 1 N–H and O–H groups in total. The quantitative estimate of drug-likeness (QED) is 0.657. The molecule has 4 heterocycles. The molecule has 2 aromatic heterocycles. The van der Waals surface area contributed by atoms with Gasteiger partial charge >= 0.3 is 0 Å². The Balaban J connectivity index is 1.27. The van der Waals surface area contributed by atoms with Crippen LogP contribution in [0.4, 0.5) is 5.69 Å². The molecule has 2 aliphatic heterocycles. The summed E-state index contributed by atoms with van der Waals surface area (Å²) < 4.78 is 9.37. The molecule has 1 saturated heterocycles. The fourth-order valence-corrected chi connectivity index (χ4v) is 5.46. The van der Waals surface area contributed by atoms with Gasteiger partial charge in [0.15, 0.2) is 5.82 Å². The summed E-state index contributed by atoms with van der Waals surface area (Å²) in [5, 5.41) is 7.86. The number of methoxy groups -OCH3 is 1. The Morgan fingerprint density at radius 2 is 2.09 bits per heavy atom. The van der Waals surface area contributed by atoms with Gasteiger partial charge in [0.2, 0.25) is 5.91 Å². The first-order valence-electron chi connectivity index (χ1n) is 11.5. The van der Waals surface area contributed by atoms with Gasteiger partial charge in [-0.25, -0.2) is 4.98 Å². The van der Waals surface area contributed by atoms with Crippen molar-refractivity contribution in [3.8, 4) is 5.88 Å². The van der Waals surface area contributed by atoms with Crippen LogP contribution in [0.3, 0.4) is 0 Å². The summed E-state index contributed by atoms with van der Waals surface area (Å²) in [5.74, 6) is 4.59. The zero-order valence-electron chi connectivity index (χ0n) is 19.1. The largest absolute Gasteiger partial charge is 0.478 e. The molecule has 1 amide bonds. The number of ether oxygens (including phenoxy) is 1. The Morgan fingerprint density at radius 3 is 2.76 bits per heavy atom. The number of aromatic nitrogens is 4. The molecule has 9 heteroatoms. The molecule has 4 aliphatic rings. The van der Waals surface area contributed by atoms with Crippen LogP contribution in [-0.4, -0.2) is 61.8 Å². The summed E-state index contributed by atoms with van der Waals surface area (Å²) in [4.78, 5) is 20.9. The molecule has 2 atom stereocenters. The van der Waals surface area contributed by atoms with Crippen molar-refractivity contribution in [2.75, 3.05) is 32.1 Å². The first-order valence-corrected chi connectivity index (χ1v) is 11.5. The summed E-state index contributed by atoms with van der Waals surface area (Å²) in [5.41, 5.74) is 2.92. The maximum atomic E-state index is 12.0. The number of imidazole rings is 1. The predicted octanol–water partition coefficient (Wildman–Crippen LogP) is 2.55. The summed E-state index contributed by atoms with van der Waals surface area (Å²) in [6, 6.07) is 0. The Kier molecular flexibility index (Phi) is 4.43. The number of carbonyl (C=O) groups excluding carboxylic acids is 1. The number of nitrogens with zero attached hydrogens (tertiary/aromatic N) is 6. The molecule has 3 fully saturated rings. The van der Waals surface area contributed by atoms with Crippen LogP contribution in [0, 0.1) is 17.8 Å². The molecule has 0 spiro atoms. The van der Waals surface area contributed by atoms with E-state index < -0.39 is 0 Å². The molecule has 33 heavy (non-hydrogen) atoms. The third-order valence-corrected chi connectivity index (χ3v) is 7.42. The smallest absolute Gasteiger partial charge is 0.256 e. The number of amides is 1. The highest BCUT2D eigenvalue weighted by Gasteiger charge is 2.56. The average Bonchev–Trinajstić information content (AvgIpc) is 3.57. The first-order chi connectivity index (χ1) is 16.0. The summed E-state index contributed by atoms with van der Waals surface area (Å²) in [7, 11) is 3.49. The fraction of sp³-hybridized carbons (Fsp3) is 0.458. The highest BCUT2D eigenvalue weighted by atomic mass is 16.5. The number of piperidine rings is 1. The number of aryl methyl sites for hydroxylation is 1. The lowest BCUT2D eigenvalue weighted by Gasteiger charge is -2.32. The summed E-state index contributed by atoms with van der Waals surface area (Å²) in [6.07, 6.45) is 9.80. The standard InChI is InChI=1S/C24H29N7O2/c1-5-22(32)30-10-17-16(18(17)11-30)9-29-13-19(26-20-12-28(3)27-24(20)33-4)23-25-8-21(15-6-7-15)31(23)14(29)2/h5,8,12-13,15-18,26H,1-2,6-7,9-11H2,3-4H3. The van der Waals surface area contributed by atoms with Crippen LogP contribution < -0.4 is 10.1 Å². The van der Waals surface area contributed by atoms with Crippen molar-refractivity contribution in [2.45, 2.75) is 18.8 Å². The lowest BCUT2D eigenvalue weighted by molar-refractivity contribution is -0.125. The van der Waals surface area contributed by atoms with Gasteiger partial charge in [-0.05, 0) is 36.7 Å². The molecule has 2 aromatic rings. The molecule has 0 aromatic carbocycles. The van der Waals surface area contributed by atoms with E-state index in [0.717, 1.165) is 42.7 Å². The van der Waals surface area contributed by atoms with E-state index in [9.17, 15) is 4.79 Å². The molecule has 2 saturated carbocycles. The lowest BCUT2D eigenvalue weighted by atomic mass is 10.2. The maximum Gasteiger partial charge on any atom is 0.256 e. The zero-order valence-corrected chi connectivity index (χ0v) is 19.1. The van der Waals surface area contributed by atoms with Crippen LogP contribution in [-0.2, 0) is 11.8 Å². The fourth-order valence-electron chi connectivity index (χ4n) is 5.46. The molecule has 0 radical (unpaired) electrons. The van der Waals surface area contributed by atoms with Gasteiger partial charge in [0.05, 0.1) is 19.0 Å². The molecular weight excluding hydrogens is 418 g/mol. The van der Waals surface area contributed by atoms with E-state index in [1.54, 1.807) is 11.8 Å². The van der Waals surface area contributed by atoms with E-state index in [2.05, 4.69) is 39.2 Å². The van der Waals surface area contributed by atoms with Gasteiger partial charge in [-0.2, -0.15) is 0 Å². The molecular formula is C24H29N7O2. The van der Waals surface area contributed by atoms with Crippen LogP contribution in [0.5, 0.6) is 5.88 Å². The summed E-state index contributed by atoms with van der Waals surface area (Å²) in [6.45, 7) is 10.6. The van der Waals surface area contributed by atoms with Gasteiger partial charge in [0.25, 0.3) is 5.88 Å². The number of hydrogen-bond acceptors (Lipinski definition) is 6. The number of hydrogen-bond donors (Lipinski definition) is 1. The molecule has 2 unspecified atom stereocenters. The lowest BCUT2D eigenvalue weighted by Crippen LogP contribution is -2.33. The number of rotatable bonds is 7. The first kappa shape index (κ1) is 20.1. The van der Waals surface area contributed by atoms with Gasteiger partial charge < -0.3 is 19.9 Å². The van der Waals surface area contributed by atoms with Crippen LogP contribution in [0.2, 0.25) is 0 Å². The second-order valence-corrected chi connectivity index (χ2v) is 9.52. The second kappa shape index (κ2) is 7.26. The SMILES string of the molecule is C=CC(=O)N1CC2C(CN3C=C(Nc4cn(C)nc4OC)c4ncc(C5CC5)n4C3=C)C2C1. The minimum atomic E-state index is 0.0391. The molecule has 0 bridgehead atoms. The Hall–Kier alpha value is -3.49. The van der Waals surface area contributed by atoms with Gasteiger partial charge in [0.1, 0.15) is 11.5 Å². The predicted molar refractivity (Wildman–Crippen MR) is 125 cm³/mol. The van der Waals surface area contributed by atoms with E-state index in [0.29, 0.717) is 29.6 Å². The molecule has 6 rings (SSSR count). The van der Waals surface area contributed by atoms with Crippen molar-refractivity contribution >= 4 is 23.1 Å². The van der Waals surface area contributed by atoms with E-state index in [1.165, 1.54) is 24.6 Å². The third kappa shape index (κ3) is 3.25. The van der Waals surface area contributed by atoms with Crippen molar-refractivity contribution in [3.05, 3.63) is 49.3 Å². The van der Waals surface area contributed by atoms with Crippen LogP contribution in [0.15, 0.2) is 37.8 Å². The normalized spacial score (nSPS) is 25.5. The average molecular weight is 448 g/mol. The van der Waals surface area contributed by atoms with E-state index >= 15 is 0 Å². The van der Waals surface area contributed by atoms with Crippen LogP contribution in [0.25, 0.3) is 11.5 Å². The van der Waals surface area contributed by atoms with Crippen molar-refractivity contribution in [1.82, 2.24) is 29.1 Å². The minimum absolute atomic E-state index is 0.0391.